The summed E-state index contributed by atoms with van der Waals surface area (Å²) in [5, 5.41) is 7.18. The number of aromatic nitrogens is 2. The van der Waals surface area contributed by atoms with Crippen LogP contribution >= 0.6 is 0 Å². The maximum Gasteiger partial charge on any atom is 0.226 e. The average Bonchev–Trinajstić information content (AvgIpc) is 2.95. The smallest absolute Gasteiger partial charge is 0.226 e. The minimum absolute atomic E-state index is 0.462. The summed E-state index contributed by atoms with van der Waals surface area (Å²) in [6.07, 6.45) is 3.16. The highest BCUT2D eigenvalue weighted by molar-refractivity contribution is 4.83. The molecular formula is C11H19N3O2. The minimum atomic E-state index is 0.462. The number of aryl methyl sites for hydroxylation is 1. The van der Waals surface area contributed by atoms with Crippen LogP contribution in [0.4, 0.5) is 0 Å². The molecule has 2 rings (SSSR count). The van der Waals surface area contributed by atoms with Gasteiger partial charge in [-0.1, -0.05) is 12.1 Å². The quantitative estimate of drug-likeness (QED) is 0.736. The zero-order valence-corrected chi connectivity index (χ0v) is 9.74. The highest BCUT2D eigenvalue weighted by Gasteiger charge is 2.13. The molecule has 2 heterocycles. The van der Waals surface area contributed by atoms with Crippen LogP contribution in [0.15, 0.2) is 4.52 Å². The molecule has 1 aliphatic rings. The van der Waals surface area contributed by atoms with Crippen LogP contribution in [0.1, 0.15) is 31.5 Å². The van der Waals surface area contributed by atoms with Crippen LogP contribution < -0.4 is 5.32 Å². The Labute approximate surface area is 95.6 Å². The first-order valence-corrected chi connectivity index (χ1v) is 5.98. The Hall–Kier alpha value is -0.940. The monoisotopic (exact) mass is 225 g/mol. The second kappa shape index (κ2) is 5.96. The highest BCUT2D eigenvalue weighted by atomic mass is 16.5. The van der Waals surface area contributed by atoms with E-state index < -0.39 is 0 Å². The number of rotatable bonds is 6. The summed E-state index contributed by atoms with van der Waals surface area (Å²) >= 11 is 0. The summed E-state index contributed by atoms with van der Waals surface area (Å²) in [5.74, 6) is 2.11. The Kier molecular flexibility index (Phi) is 4.30. The van der Waals surface area contributed by atoms with E-state index in [9.17, 15) is 0 Å². The van der Waals surface area contributed by atoms with E-state index in [1.54, 1.807) is 0 Å². The molecule has 0 spiro atoms. The van der Waals surface area contributed by atoms with Crippen LogP contribution in [0.25, 0.3) is 0 Å². The van der Waals surface area contributed by atoms with E-state index in [1.165, 1.54) is 6.42 Å². The van der Waals surface area contributed by atoms with Crippen LogP contribution in [0.2, 0.25) is 0 Å². The minimum Gasteiger partial charge on any atom is -0.373 e. The van der Waals surface area contributed by atoms with Gasteiger partial charge >= 0.3 is 0 Å². The molecule has 16 heavy (non-hydrogen) atoms. The molecule has 1 atom stereocenters. The molecule has 1 aromatic heterocycles. The van der Waals surface area contributed by atoms with E-state index in [0.717, 1.165) is 38.5 Å². The first kappa shape index (κ1) is 11.5. The van der Waals surface area contributed by atoms with Gasteiger partial charge in [0.25, 0.3) is 0 Å². The van der Waals surface area contributed by atoms with Crippen molar-refractivity contribution in [3.63, 3.8) is 0 Å². The Morgan fingerprint density at radius 2 is 2.50 bits per heavy atom. The second-order valence-electron chi connectivity index (χ2n) is 4.16. The van der Waals surface area contributed by atoms with Gasteiger partial charge in [-0.25, -0.2) is 0 Å². The molecule has 0 bridgehead atoms. The molecule has 5 nitrogen and oxygen atoms in total. The van der Waals surface area contributed by atoms with Crippen LogP contribution in [-0.2, 0) is 17.8 Å². The fourth-order valence-electron chi connectivity index (χ4n) is 1.87. The number of hydrogen-bond acceptors (Lipinski definition) is 5. The van der Waals surface area contributed by atoms with Gasteiger partial charge < -0.3 is 14.6 Å². The van der Waals surface area contributed by atoms with Gasteiger partial charge in [-0.05, 0) is 31.8 Å². The largest absolute Gasteiger partial charge is 0.373 e. The van der Waals surface area contributed by atoms with Gasteiger partial charge in [-0.3, -0.25) is 0 Å². The summed E-state index contributed by atoms with van der Waals surface area (Å²) in [7, 11) is 0. The normalized spacial score (nSPS) is 20.4. The van der Waals surface area contributed by atoms with Crippen molar-refractivity contribution in [1.82, 2.24) is 15.5 Å². The van der Waals surface area contributed by atoms with E-state index in [-0.39, 0.29) is 0 Å². The predicted octanol–water partition coefficient (Wildman–Crippen LogP) is 1.15. The predicted molar refractivity (Wildman–Crippen MR) is 58.9 cm³/mol. The maximum atomic E-state index is 5.53. The summed E-state index contributed by atoms with van der Waals surface area (Å²) in [6.45, 7) is 5.51. The van der Waals surface area contributed by atoms with E-state index in [0.29, 0.717) is 18.3 Å². The lowest BCUT2D eigenvalue weighted by Gasteiger charge is -2.06. The maximum absolute atomic E-state index is 5.53. The zero-order chi connectivity index (χ0) is 11.2. The Morgan fingerprint density at radius 1 is 1.56 bits per heavy atom. The van der Waals surface area contributed by atoms with E-state index in [4.69, 9.17) is 9.26 Å². The third-order valence-electron chi connectivity index (χ3n) is 2.88. The van der Waals surface area contributed by atoms with Gasteiger partial charge in [-0.2, -0.15) is 4.98 Å². The van der Waals surface area contributed by atoms with Crippen molar-refractivity contribution in [2.24, 2.45) is 5.92 Å². The molecule has 1 N–H and O–H groups in total. The SMILES string of the molecule is CCc1nc(COCCC2CCNC2)no1. The van der Waals surface area contributed by atoms with Crippen molar-refractivity contribution in [3.05, 3.63) is 11.7 Å². The van der Waals surface area contributed by atoms with Crippen molar-refractivity contribution in [2.45, 2.75) is 32.8 Å². The van der Waals surface area contributed by atoms with Crippen molar-refractivity contribution in [1.29, 1.82) is 0 Å². The lowest BCUT2D eigenvalue weighted by molar-refractivity contribution is 0.102. The number of hydrogen-bond donors (Lipinski definition) is 1. The summed E-state index contributed by atoms with van der Waals surface area (Å²) < 4.78 is 10.5. The molecule has 5 heteroatoms. The molecule has 0 radical (unpaired) electrons. The van der Waals surface area contributed by atoms with Crippen molar-refractivity contribution >= 4 is 0 Å². The van der Waals surface area contributed by atoms with Crippen molar-refractivity contribution in [3.8, 4) is 0 Å². The molecule has 1 aliphatic heterocycles. The Morgan fingerprint density at radius 3 is 3.19 bits per heavy atom. The van der Waals surface area contributed by atoms with Gasteiger partial charge in [0.05, 0.1) is 0 Å². The fraction of sp³-hybridized carbons (Fsp3) is 0.818. The molecule has 0 amide bonds. The van der Waals surface area contributed by atoms with Gasteiger partial charge in [0.2, 0.25) is 5.89 Å². The van der Waals surface area contributed by atoms with Crippen LogP contribution in [0.5, 0.6) is 0 Å². The molecule has 1 saturated heterocycles. The molecule has 90 valence electrons. The van der Waals surface area contributed by atoms with Crippen LogP contribution in [0.3, 0.4) is 0 Å². The van der Waals surface area contributed by atoms with Gasteiger partial charge in [-0.15, -0.1) is 0 Å². The van der Waals surface area contributed by atoms with Crippen molar-refractivity contribution in [2.75, 3.05) is 19.7 Å². The number of nitrogens with zero attached hydrogens (tertiary/aromatic N) is 2. The first-order valence-electron chi connectivity index (χ1n) is 5.98. The Balaban J connectivity index is 1.60. The molecule has 1 fully saturated rings. The molecule has 1 unspecified atom stereocenters. The number of nitrogens with one attached hydrogen (secondary N) is 1. The fourth-order valence-corrected chi connectivity index (χ4v) is 1.87. The van der Waals surface area contributed by atoms with E-state index in [1.807, 2.05) is 6.92 Å². The van der Waals surface area contributed by atoms with Crippen molar-refractivity contribution < 1.29 is 9.26 Å². The van der Waals surface area contributed by atoms with E-state index in [2.05, 4.69) is 15.5 Å². The van der Waals surface area contributed by atoms with Gasteiger partial charge in [0.1, 0.15) is 6.61 Å². The zero-order valence-electron chi connectivity index (χ0n) is 9.74. The van der Waals surface area contributed by atoms with Gasteiger partial charge in [0.15, 0.2) is 5.82 Å². The summed E-state index contributed by atoms with van der Waals surface area (Å²) in [4.78, 5) is 4.18. The third kappa shape index (κ3) is 3.28. The molecular weight excluding hydrogens is 206 g/mol. The molecule has 1 aromatic rings. The lowest BCUT2D eigenvalue weighted by Crippen LogP contribution is -2.10. The molecule has 0 aliphatic carbocycles. The molecule has 0 saturated carbocycles. The molecule has 0 aromatic carbocycles. The first-order chi connectivity index (χ1) is 7.88. The highest BCUT2D eigenvalue weighted by Crippen LogP contribution is 2.12. The lowest BCUT2D eigenvalue weighted by atomic mass is 10.1. The standard InChI is InChI=1S/C11H19N3O2/c1-2-11-13-10(14-16-11)8-15-6-4-9-3-5-12-7-9/h9,12H,2-8H2,1H3. The van der Waals surface area contributed by atoms with Gasteiger partial charge in [0, 0.05) is 13.0 Å². The van der Waals surface area contributed by atoms with Crippen LogP contribution in [0, 0.1) is 5.92 Å². The summed E-state index contributed by atoms with van der Waals surface area (Å²) in [6, 6.07) is 0. The van der Waals surface area contributed by atoms with E-state index >= 15 is 0 Å². The van der Waals surface area contributed by atoms with Crippen LogP contribution in [-0.4, -0.2) is 29.8 Å². The summed E-state index contributed by atoms with van der Waals surface area (Å²) in [5.41, 5.74) is 0. The number of ether oxygens (including phenoxy) is 1. The average molecular weight is 225 g/mol. The Bertz CT molecular complexity index is 308. The third-order valence-corrected chi connectivity index (χ3v) is 2.88. The second-order valence-corrected chi connectivity index (χ2v) is 4.16. The topological polar surface area (TPSA) is 60.2 Å².